The van der Waals surface area contributed by atoms with Crippen molar-refractivity contribution in [2.24, 2.45) is 5.73 Å². The van der Waals surface area contributed by atoms with Gasteiger partial charge in [-0.2, -0.15) is 0 Å². The minimum Gasteiger partial charge on any atom is -0.382 e. The molecular weight excluding hydrogens is 254 g/mol. The van der Waals surface area contributed by atoms with E-state index in [1.807, 2.05) is 36.4 Å². The average Bonchev–Trinajstić information content (AvgIpc) is 2.32. The maximum atomic E-state index is 7.46. The molecule has 0 aliphatic heterocycles. The van der Waals surface area contributed by atoms with Crippen molar-refractivity contribution in [3.8, 4) is 0 Å². The highest BCUT2D eigenvalue weighted by molar-refractivity contribution is 7.99. The van der Waals surface area contributed by atoms with Crippen LogP contribution >= 0.6 is 23.4 Å². The second-order valence-electron chi connectivity index (χ2n) is 3.30. The number of pyridine rings is 1. The van der Waals surface area contributed by atoms with Crippen molar-refractivity contribution in [2.45, 2.75) is 9.79 Å². The van der Waals surface area contributed by atoms with Crippen LogP contribution in [-0.2, 0) is 0 Å². The molecule has 0 radical (unpaired) electrons. The zero-order valence-electron chi connectivity index (χ0n) is 8.85. The number of nitrogens with one attached hydrogen (secondary N) is 1. The zero-order chi connectivity index (χ0) is 12.3. The van der Waals surface area contributed by atoms with Crippen LogP contribution in [-0.4, -0.2) is 10.8 Å². The van der Waals surface area contributed by atoms with Crippen molar-refractivity contribution in [3.05, 3.63) is 53.3 Å². The Morgan fingerprint density at radius 1 is 1.18 bits per heavy atom. The van der Waals surface area contributed by atoms with E-state index in [1.54, 1.807) is 6.20 Å². The predicted octanol–water partition coefficient (Wildman–Crippen LogP) is 3.17. The maximum absolute atomic E-state index is 7.46. The summed E-state index contributed by atoms with van der Waals surface area (Å²) in [5, 5.41) is 8.14. The summed E-state index contributed by atoms with van der Waals surface area (Å²) < 4.78 is 0. The van der Waals surface area contributed by atoms with Crippen LogP contribution in [0.1, 0.15) is 5.69 Å². The lowest BCUT2D eigenvalue weighted by atomic mass is 10.3. The lowest BCUT2D eigenvalue weighted by molar-refractivity contribution is 1.17. The third kappa shape index (κ3) is 2.78. The molecule has 5 heteroatoms. The first-order valence-electron chi connectivity index (χ1n) is 4.90. The Labute approximate surface area is 109 Å². The first-order valence-corrected chi connectivity index (χ1v) is 6.09. The summed E-state index contributed by atoms with van der Waals surface area (Å²) in [6, 6.07) is 11.2. The molecule has 0 amide bonds. The van der Waals surface area contributed by atoms with Gasteiger partial charge in [-0.05, 0) is 24.3 Å². The minimum atomic E-state index is -0.0415. The van der Waals surface area contributed by atoms with Gasteiger partial charge in [0.15, 0.2) is 0 Å². The third-order valence-corrected chi connectivity index (χ3v) is 3.65. The molecule has 1 heterocycles. The van der Waals surface area contributed by atoms with E-state index in [4.69, 9.17) is 22.7 Å². The van der Waals surface area contributed by atoms with E-state index in [0.29, 0.717) is 10.7 Å². The van der Waals surface area contributed by atoms with Crippen LogP contribution < -0.4 is 5.73 Å². The molecule has 0 bridgehead atoms. The standard InChI is InChI=1S/C12H10ClN3S/c13-8-4-1-2-5-9(8)17-10-6-3-7-16-11(10)12(14)15/h1-7H,(H3,14,15). The molecule has 0 fully saturated rings. The van der Waals surface area contributed by atoms with E-state index in [9.17, 15) is 0 Å². The van der Waals surface area contributed by atoms with Crippen molar-refractivity contribution in [1.29, 1.82) is 5.41 Å². The molecule has 0 saturated carbocycles. The van der Waals surface area contributed by atoms with E-state index in [-0.39, 0.29) is 5.84 Å². The van der Waals surface area contributed by atoms with Crippen LogP contribution in [0.3, 0.4) is 0 Å². The molecule has 2 rings (SSSR count). The van der Waals surface area contributed by atoms with Crippen molar-refractivity contribution in [1.82, 2.24) is 4.98 Å². The molecule has 1 aromatic heterocycles. The van der Waals surface area contributed by atoms with Crippen molar-refractivity contribution < 1.29 is 0 Å². The van der Waals surface area contributed by atoms with E-state index in [0.717, 1.165) is 9.79 Å². The van der Waals surface area contributed by atoms with Gasteiger partial charge in [0.1, 0.15) is 11.5 Å². The lowest BCUT2D eigenvalue weighted by Crippen LogP contribution is -2.14. The van der Waals surface area contributed by atoms with E-state index < -0.39 is 0 Å². The van der Waals surface area contributed by atoms with Gasteiger partial charge in [-0.3, -0.25) is 10.4 Å². The summed E-state index contributed by atoms with van der Waals surface area (Å²) in [7, 11) is 0. The van der Waals surface area contributed by atoms with Crippen molar-refractivity contribution >= 4 is 29.2 Å². The van der Waals surface area contributed by atoms with Gasteiger partial charge < -0.3 is 5.73 Å². The molecule has 0 spiro atoms. The normalized spacial score (nSPS) is 10.2. The first-order chi connectivity index (χ1) is 8.18. The summed E-state index contributed by atoms with van der Waals surface area (Å²) in [4.78, 5) is 5.84. The van der Waals surface area contributed by atoms with Gasteiger partial charge in [0.25, 0.3) is 0 Å². The fraction of sp³-hybridized carbons (Fsp3) is 0. The van der Waals surface area contributed by atoms with Gasteiger partial charge in [-0.25, -0.2) is 0 Å². The topological polar surface area (TPSA) is 62.8 Å². The molecule has 2 aromatic rings. The predicted molar refractivity (Wildman–Crippen MR) is 70.8 cm³/mol. The summed E-state index contributed by atoms with van der Waals surface area (Å²) in [5.74, 6) is -0.0415. The average molecular weight is 264 g/mol. The number of nitrogen functional groups attached to an aromatic ring is 1. The van der Waals surface area contributed by atoms with Gasteiger partial charge in [0.2, 0.25) is 0 Å². The van der Waals surface area contributed by atoms with E-state index in [2.05, 4.69) is 4.98 Å². The Hall–Kier alpha value is -1.52. The second-order valence-corrected chi connectivity index (χ2v) is 4.79. The van der Waals surface area contributed by atoms with Crippen LogP contribution in [0.4, 0.5) is 0 Å². The second kappa shape index (κ2) is 5.21. The molecule has 1 aromatic carbocycles. The molecule has 0 aliphatic carbocycles. The number of halogens is 1. The van der Waals surface area contributed by atoms with E-state index >= 15 is 0 Å². The molecule has 0 saturated heterocycles. The number of nitrogens with zero attached hydrogens (tertiary/aromatic N) is 1. The molecule has 3 N–H and O–H groups in total. The largest absolute Gasteiger partial charge is 0.382 e. The fourth-order valence-corrected chi connectivity index (χ4v) is 2.53. The molecule has 86 valence electrons. The highest BCUT2D eigenvalue weighted by atomic mass is 35.5. The van der Waals surface area contributed by atoms with Crippen molar-refractivity contribution in [3.63, 3.8) is 0 Å². The molecule has 3 nitrogen and oxygen atoms in total. The van der Waals surface area contributed by atoms with Gasteiger partial charge in [-0.15, -0.1) is 0 Å². The van der Waals surface area contributed by atoms with Gasteiger partial charge in [0, 0.05) is 16.0 Å². The number of rotatable bonds is 3. The quantitative estimate of drug-likeness (QED) is 0.660. The third-order valence-electron chi connectivity index (χ3n) is 2.08. The van der Waals surface area contributed by atoms with Crippen LogP contribution in [0.2, 0.25) is 5.02 Å². The Morgan fingerprint density at radius 3 is 2.59 bits per heavy atom. The Morgan fingerprint density at radius 2 is 1.88 bits per heavy atom. The number of hydrogen-bond donors (Lipinski definition) is 2. The smallest absolute Gasteiger partial charge is 0.142 e. The SMILES string of the molecule is N=C(N)c1ncccc1Sc1ccccc1Cl. The minimum absolute atomic E-state index is 0.0415. The zero-order valence-corrected chi connectivity index (χ0v) is 10.4. The molecule has 0 atom stereocenters. The van der Waals surface area contributed by atoms with Gasteiger partial charge in [-0.1, -0.05) is 35.5 Å². The molecule has 17 heavy (non-hydrogen) atoms. The fourth-order valence-electron chi connectivity index (χ4n) is 1.32. The van der Waals surface area contributed by atoms with Crippen molar-refractivity contribution in [2.75, 3.05) is 0 Å². The number of benzene rings is 1. The van der Waals surface area contributed by atoms with Gasteiger partial charge >= 0.3 is 0 Å². The highest BCUT2D eigenvalue weighted by Crippen LogP contribution is 2.34. The van der Waals surface area contributed by atoms with Crippen LogP contribution in [0.15, 0.2) is 52.4 Å². The molecule has 0 unspecified atom stereocenters. The Balaban J connectivity index is 2.37. The Bertz CT molecular complexity index is 557. The highest BCUT2D eigenvalue weighted by Gasteiger charge is 2.09. The number of hydrogen-bond acceptors (Lipinski definition) is 3. The Kier molecular flexibility index (Phi) is 3.66. The van der Waals surface area contributed by atoms with Crippen LogP contribution in [0.5, 0.6) is 0 Å². The summed E-state index contributed by atoms with van der Waals surface area (Å²) in [6.45, 7) is 0. The number of aromatic nitrogens is 1. The summed E-state index contributed by atoms with van der Waals surface area (Å²) in [5.41, 5.74) is 5.96. The lowest BCUT2D eigenvalue weighted by Gasteiger charge is -2.07. The first kappa shape index (κ1) is 12.0. The van der Waals surface area contributed by atoms with Crippen LogP contribution in [0, 0.1) is 5.41 Å². The maximum Gasteiger partial charge on any atom is 0.142 e. The monoisotopic (exact) mass is 263 g/mol. The summed E-state index contributed by atoms with van der Waals surface area (Å²) >= 11 is 7.53. The molecule has 0 aliphatic rings. The van der Waals surface area contributed by atoms with Crippen LogP contribution in [0.25, 0.3) is 0 Å². The number of nitrogens with two attached hydrogens (primary N) is 1. The number of amidine groups is 1. The van der Waals surface area contributed by atoms with E-state index in [1.165, 1.54) is 11.8 Å². The molecular formula is C12H10ClN3S. The summed E-state index contributed by atoms with van der Waals surface area (Å²) in [6.07, 6.45) is 1.62. The van der Waals surface area contributed by atoms with Gasteiger partial charge in [0.05, 0.1) is 5.02 Å².